The average molecular weight is 276 g/mol. The van der Waals surface area contributed by atoms with Gasteiger partial charge in [-0.1, -0.05) is 0 Å². The fourth-order valence-electron chi connectivity index (χ4n) is 1.73. The number of nitrogens with one attached hydrogen (secondary N) is 1. The summed E-state index contributed by atoms with van der Waals surface area (Å²) in [4.78, 5) is 23.7. The van der Waals surface area contributed by atoms with E-state index >= 15 is 0 Å². The topological polar surface area (TPSA) is 79.8 Å². The van der Waals surface area contributed by atoms with Crippen LogP contribution in [-0.2, 0) is 20.6 Å². The van der Waals surface area contributed by atoms with Crippen molar-refractivity contribution in [1.29, 1.82) is 5.26 Å². The molecule has 0 spiro atoms. The van der Waals surface area contributed by atoms with Crippen molar-refractivity contribution in [3.05, 3.63) is 48.8 Å². The molecule has 2 aromatic rings. The maximum absolute atomic E-state index is 11.8. The Morgan fingerprint density at radius 2 is 2.11 bits per heavy atom. The molecule has 0 aliphatic rings. The van der Waals surface area contributed by atoms with Gasteiger partial charge in [0.15, 0.2) is 5.56 Å². The van der Waals surface area contributed by atoms with Gasteiger partial charge in [-0.3, -0.25) is 13.9 Å². The SMILES string of the molecule is Cn1c(NCc2ccsc2)c(C#N)c(=O)n(C)c1=O. The molecule has 0 aliphatic heterocycles. The van der Waals surface area contributed by atoms with Crippen LogP contribution in [0.1, 0.15) is 11.1 Å². The van der Waals surface area contributed by atoms with Crippen molar-refractivity contribution in [3.8, 4) is 6.07 Å². The Morgan fingerprint density at radius 3 is 2.68 bits per heavy atom. The molecule has 0 aliphatic carbocycles. The summed E-state index contributed by atoms with van der Waals surface area (Å²) in [7, 11) is 2.88. The third kappa shape index (κ3) is 2.30. The van der Waals surface area contributed by atoms with Crippen LogP contribution in [0, 0.1) is 11.3 Å². The third-order valence-electron chi connectivity index (χ3n) is 2.82. The van der Waals surface area contributed by atoms with Crippen molar-refractivity contribution in [2.75, 3.05) is 5.32 Å². The van der Waals surface area contributed by atoms with E-state index in [1.165, 1.54) is 18.7 Å². The molecule has 7 heteroatoms. The van der Waals surface area contributed by atoms with Gasteiger partial charge in [0.1, 0.15) is 11.9 Å². The Kier molecular flexibility index (Phi) is 3.53. The van der Waals surface area contributed by atoms with Crippen molar-refractivity contribution < 1.29 is 0 Å². The second-order valence-corrected chi connectivity index (χ2v) is 4.81. The van der Waals surface area contributed by atoms with Crippen LogP contribution in [-0.4, -0.2) is 9.13 Å². The van der Waals surface area contributed by atoms with Gasteiger partial charge in [-0.2, -0.15) is 16.6 Å². The van der Waals surface area contributed by atoms with Crippen molar-refractivity contribution in [3.63, 3.8) is 0 Å². The van der Waals surface area contributed by atoms with E-state index in [-0.39, 0.29) is 11.4 Å². The van der Waals surface area contributed by atoms with Crippen molar-refractivity contribution in [2.45, 2.75) is 6.54 Å². The van der Waals surface area contributed by atoms with E-state index in [0.29, 0.717) is 6.54 Å². The predicted octanol–water partition coefficient (Wildman–Crippen LogP) is 0.629. The van der Waals surface area contributed by atoms with Gasteiger partial charge in [-0.15, -0.1) is 0 Å². The summed E-state index contributed by atoms with van der Waals surface area (Å²) in [6.45, 7) is 0.457. The quantitative estimate of drug-likeness (QED) is 0.891. The van der Waals surface area contributed by atoms with Crippen LogP contribution in [0.3, 0.4) is 0 Å². The molecule has 19 heavy (non-hydrogen) atoms. The van der Waals surface area contributed by atoms with E-state index in [1.54, 1.807) is 11.3 Å². The molecule has 0 saturated heterocycles. The van der Waals surface area contributed by atoms with Crippen LogP contribution in [0.2, 0.25) is 0 Å². The molecule has 2 heterocycles. The lowest BCUT2D eigenvalue weighted by molar-refractivity contribution is 0.685. The lowest BCUT2D eigenvalue weighted by Gasteiger charge is -2.13. The number of hydrogen-bond acceptors (Lipinski definition) is 5. The van der Waals surface area contributed by atoms with E-state index in [1.807, 2.05) is 22.9 Å². The van der Waals surface area contributed by atoms with Crippen LogP contribution in [0.5, 0.6) is 0 Å². The molecule has 0 unspecified atom stereocenters. The highest BCUT2D eigenvalue weighted by Crippen LogP contribution is 2.11. The number of aromatic nitrogens is 2. The first-order valence-electron chi connectivity index (χ1n) is 5.51. The van der Waals surface area contributed by atoms with Crippen LogP contribution in [0.25, 0.3) is 0 Å². The highest BCUT2D eigenvalue weighted by molar-refractivity contribution is 7.07. The van der Waals surface area contributed by atoms with E-state index in [9.17, 15) is 9.59 Å². The number of thiophene rings is 1. The zero-order valence-electron chi connectivity index (χ0n) is 10.5. The molecule has 2 rings (SSSR count). The van der Waals surface area contributed by atoms with Gasteiger partial charge in [-0.25, -0.2) is 4.79 Å². The molecule has 0 amide bonds. The summed E-state index contributed by atoms with van der Waals surface area (Å²) in [5.74, 6) is 0.252. The maximum Gasteiger partial charge on any atom is 0.332 e. The fourth-order valence-corrected chi connectivity index (χ4v) is 2.40. The largest absolute Gasteiger partial charge is 0.366 e. The third-order valence-corrected chi connectivity index (χ3v) is 3.55. The average Bonchev–Trinajstić information content (AvgIpc) is 2.92. The second-order valence-electron chi connectivity index (χ2n) is 4.03. The summed E-state index contributed by atoms with van der Waals surface area (Å²) in [6, 6.07) is 3.78. The maximum atomic E-state index is 11.8. The lowest BCUT2D eigenvalue weighted by atomic mass is 10.3. The van der Waals surface area contributed by atoms with Crippen LogP contribution in [0.15, 0.2) is 26.4 Å². The Labute approximate surface area is 113 Å². The minimum atomic E-state index is -0.585. The fraction of sp³-hybridized carbons (Fsp3) is 0.250. The van der Waals surface area contributed by atoms with Gasteiger partial charge in [0, 0.05) is 20.6 Å². The summed E-state index contributed by atoms with van der Waals surface area (Å²) in [5, 5.41) is 15.9. The van der Waals surface area contributed by atoms with Crippen molar-refractivity contribution >= 4 is 17.2 Å². The monoisotopic (exact) mass is 276 g/mol. The number of nitrogens with zero attached hydrogens (tertiary/aromatic N) is 3. The van der Waals surface area contributed by atoms with Crippen molar-refractivity contribution in [2.24, 2.45) is 14.1 Å². The van der Waals surface area contributed by atoms with Crippen molar-refractivity contribution in [1.82, 2.24) is 9.13 Å². The summed E-state index contributed by atoms with van der Waals surface area (Å²) >= 11 is 1.56. The highest BCUT2D eigenvalue weighted by atomic mass is 32.1. The number of nitriles is 1. The molecule has 6 nitrogen and oxygen atoms in total. The van der Waals surface area contributed by atoms with Gasteiger partial charge in [0.05, 0.1) is 0 Å². The van der Waals surface area contributed by atoms with Crippen LogP contribution >= 0.6 is 11.3 Å². The normalized spacial score (nSPS) is 10.2. The summed E-state index contributed by atoms with van der Waals surface area (Å²) in [5.41, 5.74) is -0.0721. The zero-order chi connectivity index (χ0) is 14.0. The summed E-state index contributed by atoms with van der Waals surface area (Å²) in [6.07, 6.45) is 0. The van der Waals surface area contributed by atoms with Gasteiger partial charge < -0.3 is 5.32 Å². The summed E-state index contributed by atoms with van der Waals surface area (Å²) < 4.78 is 2.20. The molecule has 0 atom stereocenters. The molecule has 0 radical (unpaired) electrons. The number of hydrogen-bond donors (Lipinski definition) is 1. The molecule has 98 valence electrons. The molecule has 0 fully saturated rings. The number of rotatable bonds is 3. The molecule has 0 bridgehead atoms. The molecule has 2 aromatic heterocycles. The van der Waals surface area contributed by atoms with Gasteiger partial charge in [0.2, 0.25) is 0 Å². The smallest absolute Gasteiger partial charge is 0.332 e. The zero-order valence-corrected chi connectivity index (χ0v) is 11.3. The van der Waals surface area contributed by atoms with Gasteiger partial charge >= 0.3 is 5.69 Å². The first-order chi connectivity index (χ1) is 9.06. The minimum absolute atomic E-state index is 0.0557. The predicted molar refractivity (Wildman–Crippen MR) is 73.3 cm³/mol. The first kappa shape index (κ1) is 13.1. The second kappa shape index (κ2) is 5.12. The molecule has 0 aromatic carbocycles. The Morgan fingerprint density at radius 1 is 1.37 bits per heavy atom. The Hall–Kier alpha value is -2.33. The molecular formula is C12H12N4O2S. The first-order valence-corrected chi connectivity index (χ1v) is 6.45. The lowest BCUT2D eigenvalue weighted by Crippen LogP contribution is -2.39. The Bertz CT molecular complexity index is 750. The highest BCUT2D eigenvalue weighted by Gasteiger charge is 2.14. The standard InChI is InChI=1S/C12H12N4O2S/c1-15-10(14-6-8-3-4-19-7-8)9(5-13)11(17)16(2)12(15)18/h3-4,7,14H,6H2,1-2H3. The van der Waals surface area contributed by atoms with Crippen LogP contribution in [0.4, 0.5) is 5.82 Å². The minimum Gasteiger partial charge on any atom is -0.366 e. The number of anilines is 1. The molecular weight excluding hydrogens is 264 g/mol. The van der Waals surface area contributed by atoms with Gasteiger partial charge in [0.25, 0.3) is 5.56 Å². The Balaban J connectivity index is 2.48. The molecule has 1 N–H and O–H groups in total. The van der Waals surface area contributed by atoms with E-state index in [4.69, 9.17) is 5.26 Å². The molecule has 0 saturated carbocycles. The van der Waals surface area contributed by atoms with Gasteiger partial charge in [-0.05, 0) is 22.4 Å². The van der Waals surface area contributed by atoms with Crippen LogP contribution < -0.4 is 16.6 Å². The van der Waals surface area contributed by atoms with E-state index < -0.39 is 11.2 Å². The van der Waals surface area contributed by atoms with E-state index in [0.717, 1.165) is 10.1 Å². The van der Waals surface area contributed by atoms with E-state index in [2.05, 4.69) is 5.32 Å².